The van der Waals surface area contributed by atoms with E-state index in [1.165, 1.54) is 11.1 Å². The van der Waals surface area contributed by atoms with Crippen LogP contribution in [0.25, 0.3) is 11.1 Å². The predicted molar refractivity (Wildman–Crippen MR) is 56.2 cm³/mol. The summed E-state index contributed by atoms with van der Waals surface area (Å²) in [6.45, 7) is 4.84. The van der Waals surface area contributed by atoms with Crippen LogP contribution in [-0.4, -0.2) is 12.0 Å². The lowest BCUT2D eigenvalue weighted by atomic mass is 10.1. The second-order valence-corrected chi connectivity index (χ2v) is 3.54. The molecule has 0 saturated heterocycles. The van der Waals surface area contributed by atoms with Gasteiger partial charge in [-0.2, -0.15) is 0 Å². The molecule has 0 amide bonds. The Labute approximate surface area is 83.1 Å². The first-order valence-corrected chi connectivity index (χ1v) is 4.72. The Kier molecular flexibility index (Phi) is 2.25. The van der Waals surface area contributed by atoms with E-state index in [1.807, 2.05) is 13.1 Å². The number of fused-ring (bicyclic) bond motifs is 1. The molecule has 3 nitrogen and oxygen atoms in total. The average Bonchev–Trinajstić information content (AvgIpc) is 2.48. The summed E-state index contributed by atoms with van der Waals surface area (Å²) in [6, 6.07) is 4.10. The van der Waals surface area contributed by atoms with Gasteiger partial charge in [-0.3, -0.25) is 0 Å². The lowest BCUT2D eigenvalue weighted by molar-refractivity contribution is 0.511. The van der Waals surface area contributed by atoms with Crippen molar-refractivity contribution in [2.45, 2.75) is 20.4 Å². The number of aromatic nitrogens is 1. The fourth-order valence-corrected chi connectivity index (χ4v) is 1.45. The summed E-state index contributed by atoms with van der Waals surface area (Å²) in [4.78, 5) is 4.38. The maximum Gasteiger partial charge on any atom is 0.209 e. The Morgan fingerprint density at radius 2 is 2.00 bits per heavy atom. The highest BCUT2D eigenvalue weighted by Crippen LogP contribution is 2.19. The molecule has 0 fully saturated rings. The van der Waals surface area contributed by atoms with Gasteiger partial charge in [0.2, 0.25) is 5.89 Å². The molecule has 74 valence electrons. The molecule has 2 rings (SSSR count). The first kappa shape index (κ1) is 9.21. The molecule has 0 aliphatic rings. The Morgan fingerprint density at radius 3 is 2.71 bits per heavy atom. The third-order valence-corrected chi connectivity index (χ3v) is 2.38. The third kappa shape index (κ3) is 1.51. The maximum absolute atomic E-state index is 5.57. The minimum atomic E-state index is 0.673. The Morgan fingerprint density at radius 1 is 1.29 bits per heavy atom. The zero-order valence-electron chi connectivity index (χ0n) is 8.72. The van der Waals surface area contributed by atoms with Gasteiger partial charge in [0.1, 0.15) is 5.52 Å². The highest BCUT2D eigenvalue weighted by Gasteiger charge is 2.06. The zero-order valence-corrected chi connectivity index (χ0v) is 8.72. The summed E-state index contributed by atoms with van der Waals surface area (Å²) < 4.78 is 5.57. The molecule has 3 heteroatoms. The van der Waals surface area contributed by atoms with E-state index in [-0.39, 0.29) is 0 Å². The van der Waals surface area contributed by atoms with Gasteiger partial charge >= 0.3 is 0 Å². The summed E-state index contributed by atoms with van der Waals surface area (Å²) in [5.41, 5.74) is 4.31. The number of hydrogen-bond donors (Lipinski definition) is 1. The van der Waals surface area contributed by atoms with Crippen molar-refractivity contribution in [2.24, 2.45) is 0 Å². The van der Waals surface area contributed by atoms with E-state index in [2.05, 4.69) is 30.2 Å². The number of oxazole rings is 1. The minimum absolute atomic E-state index is 0.673. The molecule has 2 aromatic rings. The predicted octanol–water partition coefficient (Wildman–Crippen LogP) is 2.16. The first-order chi connectivity index (χ1) is 6.70. The number of nitrogens with zero attached hydrogens (tertiary/aromatic N) is 1. The zero-order chi connectivity index (χ0) is 10.1. The molecule has 0 bridgehead atoms. The van der Waals surface area contributed by atoms with Crippen molar-refractivity contribution in [3.63, 3.8) is 0 Å². The van der Waals surface area contributed by atoms with Gasteiger partial charge in [0.25, 0.3) is 0 Å². The van der Waals surface area contributed by atoms with E-state index < -0.39 is 0 Å². The number of benzene rings is 1. The van der Waals surface area contributed by atoms with Crippen molar-refractivity contribution in [3.8, 4) is 0 Å². The van der Waals surface area contributed by atoms with Crippen LogP contribution >= 0.6 is 0 Å². The summed E-state index contributed by atoms with van der Waals surface area (Å²) in [7, 11) is 1.88. The van der Waals surface area contributed by atoms with E-state index in [9.17, 15) is 0 Å². The molecule has 1 heterocycles. The Balaban J connectivity index is 2.54. The molecule has 0 spiro atoms. The quantitative estimate of drug-likeness (QED) is 0.788. The van der Waals surface area contributed by atoms with Crippen LogP contribution in [-0.2, 0) is 6.54 Å². The number of hydrogen-bond acceptors (Lipinski definition) is 3. The van der Waals surface area contributed by atoms with Crippen LogP contribution in [0.1, 0.15) is 17.0 Å². The highest BCUT2D eigenvalue weighted by atomic mass is 16.3. The summed E-state index contributed by atoms with van der Waals surface area (Å²) in [5.74, 6) is 0.743. The van der Waals surface area contributed by atoms with Crippen molar-refractivity contribution in [2.75, 3.05) is 7.05 Å². The van der Waals surface area contributed by atoms with Gasteiger partial charge in [-0.05, 0) is 44.2 Å². The second-order valence-electron chi connectivity index (χ2n) is 3.54. The molecule has 1 aromatic carbocycles. The number of nitrogens with one attached hydrogen (secondary N) is 1. The largest absolute Gasteiger partial charge is 0.439 e. The fourth-order valence-electron chi connectivity index (χ4n) is 1.45. The lowest BCUT2D eigenvalue weighted by Gasteiger charge is -1.96. The van der Waals surface area contributed by atoms with Gasteiger partial charge < -0.3 is 9.73 Å². The summed E-state index contributed by atoms with van der Waals surface area (Å²) in [6.07, 6.45) is 0. The topological polar surface area (TPSA) is 38.1 Å². The molecule has 0 saturated carbocycles. The van der Waals surface area contributed by atoms with Crippen molar-refractivity contribution in [1.82, 2.24) is 10.3 Å². The van der Waals surface area contributed by atoms with E-state index in [1.54, 1.807) is 0 Å². The summed E-state index contributed by atoms with van der Waals surface area (Å²) >= 11 is 0. The van der Waals surface area contributed by atoms with Gasteiger partial charge in [0.15, 0.2) is 5.58 Å². The van der Waals surface area contributed by atoms with Crippen molar-refractivity contribution in [1.29, 1.82) is 0 Å². The molecule has 1 N–H and O–H groups in total. The normalized spacial score (nSPS) is 11.1. The fraction of sp³-hybridized carbons (Fsp3) is 0.364. The Hall–Kier alpha value is -1.35. The average molecular weight is 190 g/mol. The van der Waals surface area contributed by atoms with Crippen molar-refractivity contribution < 1.29 is 4.42 Å². The highest BCUT2D eigenvalue weighted by molar-refractivity contribution is 5.74. The van der Waals surface area contributed by atoms with E-state index in [0.29, 0.717) is 6.54 Å². The van der Waals surface area contributed by atoms with Crippen LogP contribution in [0.5, 0.6) is 0 Å². The van der Waals surface area contributed by atoms with Gasteiger partial charge in [-0.1, -0.05) is 0 Å². The maximum atomic E-state index is 5.57. The second kappa shape index (κ2) is 3.42. The molecule has 0 aliphatic heterocycles. The molecular formula is C11H14N2O. The number of rotatable bonds is 2. The molecule has 0 radical (unpaired) electrons. The molecule has 14 heavy (non-hydrogen) atoms. The van der Waals surface area contributed by atoms with Crippen LogP contribution in [0, 0.1) is 13.8 Å². The third-order valence-electron chi connectivity index (χ3n) is 2.38. The van der Waals surface area contributed by atoms with Crippen molar-refractivity contribution >= 4 is 11.1 Å². The standard InChI is InChI=1S/C11H14N2O/c1-7-4-9-10(5-8(7)2)14-11(13-9)6-12-3/h4-5,12H,6H2,1-3H3. The smallest absolute Gasteiger partial charge is 0.209 e. The lowest BCUT2D eigenvalue weighted by Crippen LogP contribution is -2.04. The molecular weight excluding hydrogens is 176 g/mol. The van der Waals surface area contributed by atoms with Gasteiger partial charge in [0, 0.05) is 0 Å². The minimum Gasteiger partial charge on any atom is -0.439 e. The number of aryl methyl sites for hydroxylation is 2. The summed E-state index contributed by atoms with van der Waals surface area (Å²) in [5, 5.41) is 3.02. The molecule has 0 aliphatic carbocycles. The molecule has 0 unspecified atom stereocenters. The van der Waals surface area contributed by atoms with Crippen LogP contribution in [0.15, 0.2) is 16.5 Å². The van der Waals surface area contributed by atoms with Crippen molar-refractivity contribution in [3.05, 3.63) is 29.2 Å². The van der Waals surface area contributed by atoms with Gasteiger partial charge in [0.05, 0.1) is 6.54 Å². The first-order valence-electron chi connectivity index (χ1n) is 4.72. The van der Waals surface area contributed by atoms with Gasteiger partial charge in [-0.25, -0.2) is 4.98 Å². The van der Waals surface area contributed by atoms with Crippen LogP contribution in [0.2, 0.25) is 0 Å². The molecule has 1 aromatic heterocycles. The molecule has 0 atom stereocenters. The monoisotopic (exact) mass is 190 g/mol. The van der Waals surface area contributed by atoms with Crippen LogP contribution < -0.4 is 5.32 Å². The van der Waals surface area contributed by atoms with Crippen LogP contribution in [0.4, 0.5) is 0 Å². The van der Waals surface area contributed by atoms with E-state index >= 15 is 0 Å². The van der Waals surface area contributed by atoms with E-state index in [4.69, 9.17) is 4.42 Å². The Bertz CT molecular complexity index is 421. The van der Waals surface area contributed by atoms with Gasteiger partial charge in [-0.15, -0.1) is 0 Å². The van der Waals surface area contributed by atoms with Crippen LogP contribution in [0.3, 0.4) is 0 Å². The SMILES string of the molecule is CNCc1nc2cc(C)c(C)cc2o1. The van der Waals surface area contributed by atoms with E-state index in [0.717, 1.165) is 17.0 Å².